The third kappa shape index (κ3) is 5.48. The highest BCUT2D eigenvalue weighted by Gasteiger charge is 2.58. The summed E-state index contributed by atoms with van der Waals surface area (Å²) in [6, 6.07) is 19.8. The lowest BCUT2D eigenvalue weighted by Gasteiger charge is -2.35. The number of amides is 1. The number of hydrogen-bond donors (Lipinski definition) is 2. The number of carbonyl (C=O) groups excluding carboxylic acids is 1. The van der Waals surface area contributed by atoms with E-state index in [0.29, 0.717) is 6.54 Å². The zero-order valence-corrected chi connectivity index (χ0v) is 23.0. The van der Waals surface area contributed by atoms with E-state index in [2.05, 4.69) is 17.4 Å². The number of hydrogen-bond acceptors (Lipinski definition) is 5. The lowest BCUT2D eigenvalue weighted by atomic mass is 9.72. The molecule has 38 heavy (non-hydrogen) atoms. The van der Waals surface area contributed by atoms with E-state index in [4.69, 9.17) is 9.47 Å². The van der Waals surface area contributed by atoms with Gasteiger partial charge in [-0.1, -0.05) is 75.4 Å². The lowest BCUT2D eigenvalue weighted by Crippen LogP contribution is -2.48. The first kappa shape index (κ1) is 27.5. The minimum Gasteiger partial charge on any atom is -0.496 e. The summed E-state index contributed by atoms with van der Waals surface area (Å²) in [5, 5.41) is 16.3. The molecule has 0 spiro atoms. The zero-order chi connectivity index (χ0) is 27.6. The molecule has 1 saturated heterocycles. The highest BCUT2D eigenvalue weighted by Crippen LogP contribution is 2.48. The second-order valence-electron chi connectivity index (χ2n) is 11.3. The van der Waals surface area contributed by atoms with Crippen LogP contribution in [0.3, 0.4) is 0 Å². The minimum atomic E-state index is -1.07. The largest absolute Gasteiger partial charge is 0.496 e. The highest BCUT2D eigenvalue weighted by molar-refractivity contribution is 5.85. The van der Waals surface area contributed by atoms with Crippen LogP contribution in [0, 0.1) is 11.3 Å². The average Bonchev–Trinajstić information content (AvgIpc) is 3.23. The first-order valence-corrected chi connectivity index (χ1v) is 13.1. The molecule has 0 unspecified atom stereocenters. The molecular formula is C31H38N2O5. The van der Waals surface area contributed by atoms with Crippen molar-refractivity contribution in [1.29, 1.82) is 0 Å². The first-order valence-electron chi connectivity index (χ1n) is 13.1. The molecule has 4 atom stereocenters. The van der Waals surface area contributed by atoms with Gasteiger partial charge >= 0.3 is 12.1 Å². The van der Waals surface area contributed by atoms with Crippen LogP contribution in [0.5, 0.6) is 5.75 Å². The van der Waals surface area contributed by atoms with Gasteiger partial charge in [0.25, 0.3) is 0 Å². The number of methoxy groups -OCH3 is 1. The van der Waals surface area contributed by atoms with Crippen LogP contribution in [0.25, 0.3) is 10.8 Å². The maximum atomic E-state index is 13.5. The maximum Gasteiger partial charge on any atom is 0.411 e. The van der Waals surface area contributed by atoms with E-state index >= 15 is 0 Å². The summed E-state index contributed by atoms with van der Waals surface area (Å²) < 4.78 is 11.3. The minimum absolute atomic E-state index is 0.366. The molecule has 2 N–H and O–H groups in total. The van der Waals surface area contributed by atoms with Crippen LogP contribution in [-0.2, 0) is 16.1 Å². The number of carbonyl (C=O) groups is 2. The zero-order valence-electron chi connectivity index (χ0n) is 23.0. The number of fused-ring (bicyclic) bond motifs is 1. The number of rotatable bonds is 7. The van der Waals surface area contributed by atoms with Gasteiger partial charge in [-0.3, -0.25) is 4.90 Å². The summed E-state index contributed by atoms with van der Waals surface area (Å²) in [6.45, 7) is 10.1. The van der Waals surface area contributed by atoms with Crippen molar-refractivity contribution < 1.29 is 24.2 Å². The quantitative estimate of drug-likeness (QED) is 0.397. The number of carboxylic acids is 1. The number of nitrogens with zero attached hydrogens (tertiary/aromatic N) is 1. The third-order valence-corrected chi connectivity index (χ3v) is 7.28. The van der Waals surface area contributed by atoms with Crippen molar-refractivity contribution in [3.8, 4) is 5.75 Å². The van der Waals surface area contributed by atoms with Crippen molar-refractivity contribution in [3.63, 3.8) is 0 Å². The van der Waals surface area contributed by atoms with Crippen molar-refractivity contribution in [2.75, 3.05) is 7.11 Å². The molecule has 1 aliphatic rings. The summed E-state index contributed by atoms with van der Waals surface area (Å²) in [5.41, 5.74) is 1.38. The fourth-order valence-corrected chi connectivity index (χ4v) is 5.77. The molecule has 3 aromatic carbocycles. The molecule has 7 nitrogen and oxygen atoms in total. The number of benzene rings is 3. The molecule has 0 bridgehead atoms. The summed E-state index contributed by atoms with van der Waals surface area (Å²) in [4.78, 5) is 27.7. The van der Waals surface area contributed by atoms with Crippen LogP contribution >= 0.6 is 0 Å². The van der Waals surface area contributed by atoms with Gasteiger partial charge in [-0.15, -0.1) is 0 Å². The predicted molar refractivity (Wildman–Crippen MR) is 148 cm³/mol. The van der Waals surface area contributed by atoms with Crippen LogP contribution in [0.1, 0.15) is 51.8 Å². The Hall–Kier alpha value is -3.58. The van der Waals surface area contributed by atoms with Crippen LogP contribution < -0.4 is 10.1 Å². The van der Waals surface area contributed by atoms with Gasteiger partial charge in [0.2, 0.25) is 0 Å². The monoisotopic (exact) mass is 518 g/mol. The Bertz CT molecular complexity index is 1280. The molecule has 0 aromatic heterocycles. The molecule has 1 heterocycles. The lowest BCUT2D eigenvalue weighted by molar-refractivity contribution is -0.144. The van der Waals surface area contributed by atoms with Crippen LogP contribution in [0.15, 0.2) is 66.7 Å². The van der Waals surface area contributed by atoms with Crippen LogP contribution in [-0.4, -0.2) is 47.4 Å². The molecule has 1 amide bonds. The van der Waals surface area contributed by atoms with E-state index in [1.807, 2.05) is 75.4 Å². The second-order valence-corrected chi connectivity index (χ2v) is 11.3. The number of ether oxygens (including phenoxy) is 2. The number of carboxylic acid groups (broad SMARTS) is 1. The molecule has 3 aromatic rings. The van der Waals surface area contributed by atoms with Gasteiger partial charge < -0.3 is 19.9 Å². The topological polar surface area (TPSA) is 88.1 Å². The molecule has 7 heteroatoms. The molecule has 0 radical (unpaired) electrons. The molecule has 1 fully saturated rings. The Balaban J connectivity index is 1.81. The molecular weight excluding hydrogens is 480 g/mol. The van der Waals surface area contributed by atoms with Gasteiger partial charge in [0, 0.05) is 24.1 Å². The van der Waals surface area contributed by atoms with Crippen molar-refractivity contribution in [1.82, 2.24) is 10.2 Å². The summed E-state index contributed by atoms with van der Waals surface area (Å²) in [5.74, 6) is -0.695. The van der Waals surface area contributed by atoms with E-state index in [-0.39, 0.29) is 12.1 Å². The summed E-state index contributed by atoms with van der Waals surface area (Å²) in [6.07, 6.45) is -1.00. The molecule has 0 saturated carbocycles. The van der Waals surface area contributed by atoms with Crippen molar-refractivity contribution >= 4 is 22.8 Å². The van der Waals surface area contributed by atoms with Gasteiger partial charge in [0.05, 0.1) is 19.3 Å². The molecule has 202 valence electrons. The number of aliphatic carboxylic acids is 1. The fourth-order valence-electron chi connectivity index (χ4n) is 5.77. The molecule has 1 aliphatic heterocycles. The standard InChI is InChI=1S/C31H38N2O5/c1-19(2)38-30(36)33-27(20-12-8-7-9-13-20)26(25(31(3,4)5)28(33)29(34)35)32-18-23-16-21-14-10-11-15-22(21)17-24(23)37-6/h7-17,19,25-28,32H,18H2,1-6H3,(H,34,35)/t25-,26+,27-,28-/m0/s1. The van der Waals surface area contributed by atoms with Gasteiger partial charge in [0.1, 0.15) is 11.8 Å². The van der Waals surface area contributed by atoms with Crippen molar-refractivity contribution in [3.05, 3.63) is 77.9 Å². The molecule has 4 rings (SSSR count). The Morgan fingerprint density at radius 3 is 2.16 bits per heavy atom. The maximum absolute atomic E-state index is 13.5. The van der Waals surface area contributed by atoms with E-state index in [1.165, 1.54) is 4.90 Å². The normalized spacial score (nSPS) is 21.6. The summed E-state index contributed by atoms with van der Waals surface area (Å²) >= 11 is 0. The first-order chi connectivity index (χ1) is 18.0. The SMILES string of the molecule is COc1cc2ccccc2cc1CN[C@@H]1[C@H](C(C)(C)C)[C@@H](C(=O)O)N(C(=O)OC(C)C)[C@H]1c1ccccc1. The average molecular weight is 519 g/mol. The van der Waals surface area contributed by atoms with Crippen molar-refractivity contribution in [2.45, 2.75) is 65.4 Å². The Kier molecular flexibility index (Phi) is 7.97. The van der Waals surface area contributed by atoms with Gasteiger partial charge in [-0.25, -0.2) is 9.59 Å². The van der Waals surface area contributed by atoms with Gasteiger partial charge in [0.15, 0.2) is 0 Å². The second kappa shape index (κ2) is 11.0. The van der Waals surface area contributed by atoms with E-state index in [9.17, 15) is 14.7 Å². The number of nitrogens with one attached hydrogen (secondary N) is 1. The van der Waals surface area contributed by atoms with Crippen LogP contribution in [0.2, 0.25) is 0 Å². The molecule has 0 aliphatic carbocycles. The van der Waals surface area contributed by atoms with Gasteiger partial charge in [-0.2, -0.15) is 0 Å². The highest BCUT2D eigenvalue weighted by atomic mass is 16.6. The smallest absolute Gasteiger partial charge is 0.411 e. The van der Waals surface area contributed by atoms with Gasteiger partial charge in [-0.05, 0) is 47.7 Å². The Morgan fingerprint density at radius 1 is 1.00 bits per heavy atom. The predicted octanol–water partition coefficient (Wildman–Crippen LogP) is 6.02. The van der Waals surface area contributed by atoms with E-state index in [1.54, 1.807) is 21.0 Å². The third-order valence-electron chi connectivity index (χ3n) is 7.28. The van der Waals surface area contributed by atoms with Crippen molar-refractivity contribution in [2.24, 2.45) is 11.3 Å². The number of likely N-dealkylation sites (tertiary alicyclic amines) is 1. The Morgan fingerprint density at radius 2 is 1.61 bits per heavy atom. The Labute approximate surface area is 224 Å². The van der Waals surface area contributed by atoms with E-state index in [0.717, 1.165) is 27.6 Å². The van der Waals surface area contributed by atoms with Crippen LogP contribution in [0.4, 0.5) is 4.79 Å². The summed E-state index contributed by atoms with van der Waals surface area (Å²) in [7, 11) is 1.65. The fraction of sp³-hybridized carbons (Fsp3) is 0.419. The van der Waals surface area contributed by atoms with E-state index < -0.39 is 35.5 Å².